The molecule has 0 aliphatic heterocycles. The van der Waals surface area contributed by atoms with Gasteiger partial charge in [-0.2, -0.15) is 0 Å². The number of hydrogen-bond donors (Lipinski definition) is 2. The Morgan fingerprint density at radius 2 is 2.21 bits per heavy atom. The standard InChI is InChI=1S/C14H18ClNO2S/c1-14(2,9-17)8-16-13(10-4-3-7-18-10)11-5-6-12(15)19-11/h3-7,13,16-17H,8-9H2,1-2H3. The van der Waals surface area contributed by atoms with E-state index in [9.17, 15) is 5.11 Å². The van der Waals surface area contributed by atoms with Crippen LogP contribution < -0.4 is 5.32 Å². The van der Waals surface area contributed by atoms with Crippen LogP contribution in [0.3, 0.4) is 0 Å². The molecule has 2 aromatic rings. The Labute approximate surface area is 122 Å². The summed E-state index contributed by atoms with van der Waals surface area (Å²) >= 11 is 7.54. The molecule has 2 heterocycles. The van der Waals surface area contributed by atoms with Gasteiger partial charge in [0.05, 0.1) is 10.6 Å². The maximum atomic E-state index is 9.33. The molecule has 0 aliphatic rings. The zero-order valence-corrected chi connectivity index (χ0v) is 12.6. The number of aliphatic hydroxyl groups excluding tert-OH is 1. The van der Waals surface area contributed by atoms with Crippen molar-refractivity contribution in [3.8, 4) is 0 Å². The zero-order valence-electron chi connectivity index (χ0n) is 11.0. The lowest BCUT2D eigenvalue weighted by Gasteiger charge is -2.25. The Morgan fingerprint density at radius 3 is 2.74 bits per heavy atom. The van der Waals surface area contributed by atoms with Crippen LogP contribution in [-0.2, 0) is 0 Å². The summed E-state index contributed by atoms with van der Waals surface area (Å²) in [5.74, 6) is 0.854. The summed E-state index contributed by atoms with van der Waals surface area (Å²) in [4.78, 5) is 1.11. The van der Waals surface area contributed by atoms with E-state index < -0.39 is 0 Å². The van der Waals surface area contributed by atoms with Crippen LogP contribution in [0.4, 0.5) is 0 Å². The second-order valence-electron chi connectivity index (χ2n) is 5.29. The molecule has 2 N–H and O–H groups in total. The van der Waals surface area contributed by atoms with Crippen LogP contribution in [0, 0.1) is 5.41 Å². The number of furan rings is 1. The van der Waals surface area contributed by atoms with Gasteiger partial charge < -0.3 is 14.8 Å². The average molecular weight is 300 g/mol. The molecule has 2 rings (SSSR count). The first-order valence-corrected chi connectivity index (χ1v) is 7.34. The molecule has 0 radical (unpaired) electrons. The van der Waals surface area contributed by atoms with Gasteiger partial charge in [-0.1, -0.05) is 25.4 Å². The number of halogens is 1. The lowest BCUT2D eigenvalue weighted by molar-refractivity contribution is 0.154. The fourth-order valence-electron chi connectivity index (χ4n) is 1.71. The van der Waals surface area contributed by atoms with Crippen molar-refractivity contribution in [1.29, 1.82) is 0 Å². The van der Waals surface area contributed by atoms with Crippen molar-refractivity contribution in [1.82, 2.24) is 5.32 Å². The highest BCUT2D eigenvalue weighted by atomic mass is 35.5. The molecule has 104 valence electrons. The molecule has 0 saturated heterocycles. The lowest BCUT2D eigenvalue weighted by Crippen LogP contribution is -2.34. The van der Waals surface area contributed by atoms with Crippen LogP contribution >= 0.6 is 22.9 Å². The molecule has 0 fully saturated rings. The Kier molecular flexibility index (Phi) is 4.68. The van der Waals surface area contributed by atoms with Crippen molar-refractivity contribution in [3.63, 3.8) is 0 Å². The number of aliphatic hydroxyl groups is 1. The van der Waals surface area contributed by atoms with Crippen molar-refractivity contribution in [2.24, 2.45) is 5.41 Å². The molecule has 0 aromatic carbocycles. The lowest BCUT2D eigenvalue weighted by atomic mass is 9.94. The van der Waals surface area contributed by atoms with E-state index in [1.165, 1.54) is 11.3 Å². The van der Waals surface area contributed by atoms with Crippen molar-refractivity contribution < 1.29 is 9.52 Å². The molecule has 2 aromatic heterocycles. The highest BCUT2D eigenvalue weighted by Gasteiger charge is 2.23. The van der Waals surface area contributed by atoms with E-state index >= 15 is 0 Å². The monoisotopic (exact) mass is 299 g/mol. The highest BCUT2D eigenvalue weighted by molar-refractivity contribution is 7.16. The van der Waals surface area contributed by atoms with Crippen LogP contribution in [-0.4, -0.2) is 18.3 Å². The number of thiophene rings is 1. The van der Waals surface area contributed by atoms with Gasteiger partial charge in [0.15, 0.2) is 0 Å². The van der Waals surface area contributed by atoms with Crippen LogP contribution in [0.5, 0.6) is 0 Å². The molecular formula is C14H18ClNO2S. The average Bonchev–Trinajstić information content (AvgIpc) is 3.02. The van der Waals surface area contributed by atoms with E-state index in [1.807, 2.05) is 38.1 Å². The van der Waals surface area contributed by atoms with Crippen LogP contribution in [0.15, 0.2) is 34.9 Å². The molecule has 19 heavy (non-hydrogen) atoms. The molecular weight excluding hydrogens is 282 g/mol. The quantitative estimate of drug-likeness (QED) is 0.855. The third-order valence-corrected chi connectivity index (χ3v) is 4.21. The van der Waals surface area contributed by atoms with Gasteiger partial charge in [0.25, 0.3) is 0 Å². The minimum absolute atomic E-state index is 0.0293. The predicted molar refractivity (Wildman–Crippen MR) is 78.7 cm³/mol. The third kappa shape index (κ3) is 3.83. The van der Waals surface area contributed by atoms with E-state index in [-0.39, 0.29) is 18.1 Å². The number of nitrogens with one attached hydrogen (secondary N) is 1. The van der Waals surface area contributed by atoms with Gasteiger partial charge in [-0.05, 0) is 24.3 Å². The van der Waals surface area contributed by atoms with E-state index in [1.54, 1.807) is 6.26 Å². The minimum atomic E-state index is -0.175. The Balaban J connectivity index is 2.16. The van der Waals surface area contributed by atoms with Gasteiger partial charge in [0.2, 0.25) is 0 Å². The summed E-state index contributed by atoms with van der Waals surface area (Å²) in [7, 11) is 0. The highest BCUT2D eigenvalue weighted by Crippen LogP contribution is 2.31. The summed E-state index contributed by atoms with van der Waals surface area (Å²) in [5, 5.41) is 12.8. The second-order valence-corrected chi connectivity index (χ2v) is 7.04. The van der Waals surface area contributed by atoms with Crippen molar-refractivity contribution in [3.05, 3.63) is 45.5 Å². The molecule has 0 amide bonds. The van der Waals surface area contributed by atoms with E-state index in [2.05, 4.69) is 5.32 Å². The Bertz CT molecular complexity index is 507. The molecule has 0 bridgehead atoms. The molecule has 0 saturated carbocycles. The van der Waals surface area contributed by atoms with E-state index in [0.29, 0.717) is 6.54 Å². The first-order chi connectivity index (χ1) is 9.02. The molecule has 1 unspecified atom stereocenters. The fourth-order valence-corrected chi connectivity index (χ4v) is 2.86. The molecule has 5 heteroatoms. The second kappa shape index (κ2) is 6.09. The van der Waals surface area contributed by atoms with Crippen LogP contribution in [0.2, 0.25) is 4.34 Å². The maximum Gasteiger partial charge on any atom is 0.126 e. The van der Waals surface area contributed by atoms with Crippen LogP contribution in [0.1, 0.15) is 30.5 Å². The Morgan fingerprint density at radius 1 is 1.42 bits per heavy atom. The molecule has 0 aliphatic carbocycles. The summed E-state index contributed by atoms with van der Waals surface area (Å²) in [6.45, 7) is 4.85. The Hall–Kier alpha value is -0.810. The topological polar surface area (TPSA) is 45.4 Å². The zero-order chi connectivity index (χ0) is 13.9. The van der Waals surface area contributed by atoms with Crippen molar-refractivity contribution in [2.45, 2.75) is 19.9 Å². The third-order valence-electron chi connectivity index (χ3n) is 2.92. The summed E-state index contributed by atoms with van der Waals surface area (Å²) in [6.07, 6.45) is 1.66. The summed E-state index contributed by atoms with van der Waals surface area (Å²) < 4.78 is 6.26. The molecule has 0 spiro atoms. The summed E-state index contributed by atoms with van der Waals surface area (Å²) in [5.41, 5.74) is -0.175. The van der Waals surface area contributed by atoms with Gasteiger partial charge in [-0.3, -0.25) is 0 Å². The van der Waals surface area contributed by atoms with Crippen molar-refractivity contribution in [2.75, 3.05) is 13.2 Å². The molecule has 3 nitrogen and oxygen atoms in total. The predicted octanol–water partition coefficient (Wildman–Crippen LogP) is 3.69. The van der Waals surface area contributed by atoms with E-state index in [0.717, 1.165) is 15.0 Å². The van der Waals surface area contributed by atoms with E-state index in [4.69, 9.17) is 16.0 Å². The smallest absolute Gasteiger partial charge is 0.126 e. The first kappa shape index (κ1) is 14.6. The first-order valence-electron chi connectivity index (χ1n) is 6.15. The maximum absolute atomic E-state index is 9.33. The molecule has 1 atom stereocenters. The minimum Gasteiger partial charge on any atom is -0.467 e. The van der Waals surface area contributed by atoms with Gasteiger partial charge in [0, 0.05) is 23.4 Å². The van der Waals surface area contributed by atoms with Crippen molar-refractivity contribution >= 4 is 22.9 Å². The fraction of sp³-hybridized carbons (Fsp3) is 0.429. The van der Waals surface area contributed by atoms with Gasteiger partial charge in [0.1, 0.15) is 11.8 Å². The van der Waals surface area contributed by atoms with Crippen LogP contribution in [0.25, 0.3) is 0 Å². The number of hydrogen-bond acceptors (Lipinski definition) is 4. The number of rotatable bonds is 6. The summed E-state index contributed by atoms with van der Waals surface area (Å²) in [6, 6.07) is 7.67. The normalized spacial score (nSPS) is 13.7. The van der Waals surface area contributed by atoms with Gasteiger partial charge in [-0.15, -0.1) is 11.3 Å². The largest absolute Gasteiger partial charge is 0.467 e. The van der Waals surface area contributed by atoms with Gasteiger partial charge >= 0.3 is 0 Å². The van der Waals surface area contributed by atoms with Gasteiger partial charge in [-0.25, -0.2) is 0 Å². The SMILES string of the molecule is CC(C)(CO)CNC(c1ccco1)c1ccc(Cl)s1.